The highest BCUT2D eigenvalue weighted by molar-refractivity contribution is 6.04. The van der Waals surface area contributed by atoms with Gasteiger partial charge < -0.3 is 15.1 Å². The summed E-state index contributed by atoms with van der Waals surface area (Å²) in [7, 11) is 0. The van der Waals surface area contributed by atoms with Crippen molar-refractivity contribution in [2.24, 2.45) is 0 Å². The molecule has 6 heteroatoms. The van der Waals surface area contributed by atoms with E-state index in [4.69, 9.17) is 0 Å². The highest BCUT2D eigenvalue weighted by atomic mass is 19.1. The molecule has 1 N–H and O–H groups in total. The lowest BCUT2D eigenvalue weighted by molar-refractivity contribution is 0.102. The van der Waals surface area contributed by atoms with E-state index in [1.165, 1.54) is 0 Å². The lowest BCUT2D eigenvalue weighted by Gasteiger charge is -2.36. The Hall–Kier alpha value is -2.47. The van der Waals surface area contributed by atoms with Crippen LogP contribution in [-0.2, 0) is 0 Å². The van der Waals surface area contributed by atoms with Crippen molar-refractivity contribution < 1.29 is 13.6 Å². The monoisotopic (exact) mass is 359 g/mol. The molecule has 138 valence electrons. The summed E-state index contributed by atoms with van der Waals surface area (Å²) < 4.78 is 26.7. The second kappa shape index (κ2) is 7.83. The second-order valence-electron chi connectivity index (χ2n) is 6.50. The van der Waals surface area contributed by atoms with Gasteiger partial charge in [-0.25, -0.2) is 8.78 Å². The van der Waals surface area contributed by atoms with Crippen LogP contribution < -0.4 is 10.2 Å². The Balaban J connectivity index is 1.70. The van der Waals surface area contributed by atoms with Crippen molar-refractivity contribution in [1.82, 2.24) is 4.90 Å². The molecule has 0 aliphatic carbocycles. The van der Waals surface area contributed by atoms with Crippen LogP contribution in [0.1, 0.15) is 22.8 Å². The van der Waals surface area contributed by atoms with Gasteiger partial charge in [0.15, 0.2) is 0 Å². The van der Waals surface area contributed by atoms with Gasteiger partial charge in [-0.15, -0.1) is 0 Å². The number of halogens is 2. The quantitative estimate of drug-likeness (QED) is 0.905. The highest BCUT2D eigenvalue weighted by Crippen LogP contribution is 2.25. The number of likely N-dealkylation sites (N-methyl/N-ethyl adjacent to an activating group) is 1. The molecule has 1 amide bonds. The number of anilines is 2. The predicted octanol–water partition coefficient (Wildman–Crippen LogP) is 3.67. The summed E-state index contributed by atoms with van der Waals surface area (Å²) in [6.45, 7) is 9.26. The lowest BCUT2D eigenvalue weighted by Crippen LogP contribution is -2.46. The Bertz CT molecular complexity index is 802. The van der Waals surface area contributed by atoms with Gasteiger partial charge in [0.1, 0.15) is 11.6 Å². The molecule has 0 aromatic heterocycles. The standard InChI is InChI=1S/C20H23F2N3O/c1-3-24-8-10-25(11-9-24)19-7-5-16(12-14(19)2)23-20(26)17-6-4-15(21)13-18(17)22/h4-7,12-13H,3,8-11H2,1-2H3,(H,23,26). The zero-order valence-electron chi connectivity index (χ0n) is 15.1. The Morgan fingerprint density at radius 1 is 1.08 bits per heavy atom. The number of aryl methyl sites for hydroxylation is 1. The molecule has 0 saturated carbocycles. The van der Waals surface area contributed by atoms with Gasteiger partial charge in [0, 0.05) is 43.6 Å². The first-order chi connectivity index (χ1) is 12.5. The van der Waals surface area contributed by atoms with E-state index in [9.17, 15) is 13.6 Å². The maximum atomic E-state index is 13.7. The largest absolute Gasteiger partial charge is 0.369 e. The molecule has 0 atom stereocenters. The number of carbonyl (C=O) groups is 1. The number of nitrogens with one attached hydrogen (secondary N) is 1. The lowest BCUT2D eigenvalue weighted by atomic mass is 10.1. The number of rotatable bonds is 4. The van der Waals surface area contributed by atoms with Gasteiger partial charge in [0.05, 0.1) is 5.56 Å². The number of nitrogens with zero attached hydrogens (tertiary/aromatic N) is 2. The summed E-state index contributed by atoms with van der Waals surface area (Å²) in [5, 5.41) is 2.68. The average molecular weight is 359 g/mol. The van der Waals surface area contributed by atoms with Crippen molar-refractivity contribution in [1.29, 1.82) is 0 Å². The fraction of sp³-hybridized carbons (Fsp3) is 0.350. The van der Waals surface area contributed by atoms with Crippen LogP contribution in [0.3, 0.4) is 0 Å². The van der Waals surface area contributed by atoms with Crippen LogP contribution in [0.4, 0.5) is 20.2 Å². The smallest absolute Gasteiger partial charge is 0.258 e. The highest BCUT2D eigenvalue weighted by Gasteiger charge is 2.18. The Kier molecular flexibility index (Phi) is 5.52. The molecule has 0 radical (unpaired) electrons. The Morgan fingerprint density at radius 2 is 1.81 bits per heavy atom. The fourth-order valence-corrected chi connectivity index (χ4v) is 3.27. The van der Waals surface area contributed by atoms with Crippen molar-refractivity contribution in [2.75, 3.05) is 42.9 Å². The molecule has 0 bridgehead atoms. The minimum Gasteiger partial charge on any atom is -0.369 e. The van der Waals surface area contributed by atoms with Crippen molar-refractivity contribution in [3.8, 4) is 0 Å². The molecule has 2 aromatic rings. The van der Waals surface area contributed by atoms with E-state index in [1.54, 1.807) is 0 Å². The van der Waals surface area contributed by atoms with Gasteiger partial charge in [0.2, 0.25) is 0 Å². The molecule has 4 nitrogen and oxygen atoms in total. The molecule has 0 spiro atoms. The summed E-state index contributed by atoms with van der Waals surface area (Å²) in [5.74, 6) is -2.17. The minimum absolute atomic E-state index is 0.177. The van der Waals surface area contributed by atoms with Crippen molar-refractivity contribution >= 4 is 17.3 Å². The summed E-state index contributed by atoms with van der Waals surface area (Å²) in [4.78, 5) is 17.0. The van der Waals surface area contributed by atoms with E-state index in [-0.39, 0.29) is 5.56 Å². The van der Waals surface area contributed by atoms with E-state index in [2.05, 4.69) is 22.0 Å². The third-order valence-corrected chi connectivity index (χ3v) is 4.79. The van der Waals surface area contributed by atoms with Crippen LogP contribution in [0.15, 0.2) is 36.4 Å². The first-order valence-electron chi connectivity index (χ1n) is 8.82. The average Bonchev–Trinajstić information content (AvgIpc) is 2.62. The molecule has 1 aliphatic heterocycles. The molecular weight excluding hydrogens is 336 g/mol. The Labute approximate surface area is 152 Å². The molecule has 0 unspecified atom stereocenters. The van der Waals surface area contributed by atoms with Gasteiger partial charge in [-0.2, -0.15) is 0 Å². The third-order valence-electron chi connectivity index (χ3n) is 4.79. The maximum absolute atomic E-state index is 13.7. The van der Waals surface area contributed by atoms with Crippen LogP contribution in [0.25, 0.3) is 0 Å². The number of carbonyl (C=O) groups excluding carboxylic acids is 1. The molecule has 1 fully saturated rings. The van der Waals surface area contributed by atoms with E-state index in [1.807, 2.05) is 25.1 Å². The number of piperazine rings is 1. The summed E-state index contributed by atoms with van der Waals surface area (Å²) in [5.41, 5.74) is 2.61. The van der Waals surface area contributed by atoms with Crippen LogP contribution in [-0.4, -0.2) is 43.5 Å². The van der Waals surface area contributed by atoms with E-state index in [0.717, 1.165) is 56.1 Å². The normalized spacial score (nSPS) is 15.2. The van der Waals surface area contributed by atoms with Crippen molar-refractivity contribution in [3.05, 3.63) is 59.2 Å². The van der Waals surface area contributed by atoms with Crippen LogP contribution in [0.5, 0.6) is 0 Å². The topological polar surface area (TPSA) is 35.6 Å². The van der Waals surface area contributed by atoms with Gasteiger partial charge in [-0.05, 0) is 49.4 Å². The van der Waals surface area contributed by atoms with Gasteiger partial charge in [0.25, 0.3) is 5.91 Å². The van der Waals surface area contributed by atoms with E-state index in [0.29, 0.717) is 11.8 Å². The number of amides is 1. The van der Waals surface area contributed by atoms with Gasteiger partial charge in [-0.1, -0.05) is 6.92 Å². The molecule has 1 saturated heterocycles. The second-order valence-corrected chi connectivity index (χ2v) is 6.50. The fourth-order valence-electron chi connectivity index (χ4n) is 3.27. The molecule has 1 aliphatic rings. The Morgan fingerprint density at radius 3 is 2.42 bits per heavy atom. The summed E-state index contributed by atoms with van der Waals surface area (Å²) in [6.07, 6.45) is 0. The zero-order chi connectivity index (χ0) is 18.7. The molecular formula is C20H23F2N3O. The first kappa shape index (κ1) is 18.3. The van der Waals surface area contributed by atoms with Crippen LogP contribution in [0, 0.1) is 18.6 Å². The molecule has 1 heterocycles. The molecule has 3 rings (SSSR count). The van der Waals surface area contributed by atoms with Crippen LogP contribution in [0.2, 0.25) is 0 Å². The van der Waals surface area contributed by atoms with E-state index >= 15 is 0 Å². The zero-order valence-corrected chi connectivity index (χ0v) is 15.1. The van der Waals surface area contributed by atoms with Crippen molar-refractivity contribution in [2.45, 2.75) is 13.8 Å². The maximum Gasteiger partial charge on any atom is 0.258 e. The van der Waals surface area contributed by atoms with Gasteiger partial charge >= 0.3 is 0 Å². The predicted molar refractivity (Wildman–Crippen MR) is 99.8 cm³/mol. The number of benzene rings is 2. The molecule has 26 heavy (non-hydrogen) atoms. The van der Waals surface area contributed by atoms with Crippen molar-refractivity contribution in [3.63, 3.8) is 0 Å². The summed E-state index contributed by atoms with van der Waals surface area (Å²) in [6, 6.07) is 8.60. The number of hydrogen-bond acceptors (Lipinski definition) is 3. The molecule has 2 aromatic carbocycles. The summed E-state index contributed by atoms with van der Waals surface area (Å²) >= 11 is 0. The minimum atomic E-state index is -0.871. The van der Waals surface area contributed by atoms with Gasteiger partial charge in [-0.3, -0.25) is 4.79 Å². The van der Waals surface area contributed by atoms with E-state index < -0.39 is 17.5 Å². The third kappa shape index (κ3) is 4.02. The first-order valence-corrected chi connectivity index (χ1v) is 8.82. The van der Waals surface area contributed by atoms with Crippen LogP contribution >= 0.6 is 0 Å². The SMILES string of the molecule is CCN1CCN(c2ccc(NC(=O)c3ccc(F)cc3F)cc2C)CC1. The number of hydrogen-bond donors (Lipinski definition) is 1.